The number of alkyl halides is 3. The fraction of sp³-hybridized carbons (Fsp3) is 0.612. The van der Waals surface area contributed by atoms with Crippen molar-refractivity contribution in [3.8, 4) is 0 Å². The van der Waals surface area contributed by atoms with Crippen LogP contribution in [0.3, 0.4) is 0 Å². The van der Waals surface area contributed by atoms with Gasteiger partial charge >= 0.3 is 6.18 Å². The summed E-state index contributed by atoms with van der Waals surface area (Å²) >= 11 is 0. The first kappa shape index (κ1) is 52.8. The van der Waals surface area contributed by atoms with Gasteiger partial charge in [-0.25, -0.2) is 9.97 Å². The van der Waals surface area contributed by atoms with Gasteiger partial charge in [-0.3, -0.25) is 33.8 Å². The van der Waals surface area contributed by atoms with Crippen LogP contribution < -0.4 is 26.6 Å². The van der Waals surface area contributed by atoms with Crippen LogP contribution in [0.2, 0.25) is 0 Å². The van der Waals surface area contributed by atoms with Gasteiger partial charge in [0.25, 0.3) is 0 Å². The SMILES string of the molecule is CC(C)N(C)[C@@H]1CC[C@H](N2CC[C@@H](Nc3ncnc4ccc(C(F)(F)F)cc34)C2=O)[C@H](NC(=O)C2CC(NC(=O)CCOCCNC(=O)CCOCCNC(=O)[C@H]3CC(=O)N(C)[C@@H]3c3cccnc3)C2)C1. The molecule has 3 aromatic rings. The van der Waals surface area contributed by atoms with Crippen LogP contribution in [0.4, 0.5) is 19.0 Å². The smallest absolute Gasteiger partial charge is 0.379 e. The Bertz CT molecular complexity index is 2360. The first-order chi connectivity index (χ1) is 34.0. The number of rotatable bonds is 22. The average molecular weight is 994 g/mol. The first-order valence-corrected chi connectivity index (χ1v) is 24.5. The summed E-state index contributed by atoms with van der Waals surface area (Å²) in [5, 5.41) is 15.1. The molecule has 0 spiro atoms. The Morgan fingerprint density at radius 2 is 1.62 bits per heavy atom. The number of nitrogens with zero attached hydrogens (tertiary/aromatic N) is 6. The molecule has 6 amide bonds. The van der Waals surface area contributed by atoms with Crippen LogP contribution in [0, 0.1) is 11.8 Å². The number of aromatic nitrogens is 3. The van der Waals surface area contributed by atoms with Crippen LogP contribution in [0.1, 0.15) is 88.8 Å². The second-order valence-corrected chi connectivity index (χ2v) is 19.2. The van der Waals surface area contributed by atoms with Gasteiger partial charge in [0.1, 0.15) is 18.2 Å². The highest BCUT2D eigenvalue weighted by Crippen LogP contribution is 2.38. The maximum Gasteiger partial charge on any atom is 0.416 e. The number of halogens is 3. The van der Waals surface area contributed by atoms with E-state index in [1.54, 1.807) is 35.3 Å². The van der Waals surface area contributed by atoms with E-state index in [0.29, 0.717) is 44.2 Å². The van der Waals surface area contributed by atoms with Crippen molar-refractivity contribution in [2.24, 2.45) is 11.8 Å². The molecule has 0 unspecified atom stereocenters. The third-order valence-electron chi connectivity index (χ3n) is 14.3. The summed E-state index contributed by atoms with van der Waals surface area (Å²) < 4.78 is 51.8. The number of hydrogen-bond acceptors (Lipinski definition) is 13. The summed E-state index contributed by atoms with van der Waals surface area (Å²) in [7, 11) is 3.74. The second kappa shape index (κ2) is 23.9. The van der Waals surface area contributed by atoms with Gasteiger partial charge in [0.2, 0.25) is 35.4 Å². The Morgan fingerprint density at radius 3 is 2.32 bits per heavy atom. The number of ether oxygens (including phenoxy) is 2. The second-order valence-electron chi connectivity index (χ2n) is 19.2. The van der Waals surface area contributed by atoms with E-state index in [1.807, 2.05) is 6.07 Å². The number of benzene rings is 1. The summed E-state index contributed by atoms with van der Waals surface area (Å²) in [6.45, 7) is 5.82. The standard InChI is InChI=1S/C49H66F3N11O8/c1-29(2)61(3)34-8-10-40(63-17-11-38(48(63)69)59-45-35-24-32(49(50,51)52)7-9-37(35)56-28-57-45)39(25-34)60-46(67)31-22-33(23-31)58-42(65)13-19-71-20-15-54-41(64)12-18-70-21-16-55-47(68)36-26-43(66)62(4)44(36)30-6-5-14-53-27-30/h5-7,9,14,24,27-29,31,33-34,36,38-40,44H,8,10-13,15-23,25-26H2,1-4H3,(H,54,64)(H,55,68)(H,58,65)(H,60,67)(H,56,57,59)/t31?,33?,34-,36+,38-,39-,40+,44-/m1/s1. The number of anilines is 1. The maximum absolute atomic E-state index is 14.0. The van der Waals surface area contributed by atoms with E-state index in [2.05, 4.69) is 67.3 Å². The van der Waals surface area contributed by atoms with Crippen LogP contribution in [0.25, 0.3) is 10.9 Å². The zero-order valence-electron chi connectivity index (χ0n) is 40.7. The van der Waals surface area contributed by atoms with Crippen LogP contribution in [-0.4, -0.2) is 162 Å². The number of nitrogens with one attached hydrogen (secondary N) is 5. The molecule has 2 aromatic heterocycles. The Hall–Kier alpha value is -6.00. The van der Waals surface area contributed by atoms with E-state index in [4.69, 9.17) is 9.47 Å². The third-order valence-corrected chi connectivity index (χ3v) is 14.3. The minimum Gasteiger partial charge on any atom is -0.379 e. The molecule has 7 rings (SSSR count). The topological polar surface area (TPSA) is 229 Å². The summed E-state index contributed by atoms with van der Waals surface area (Å²) in [4.78, 5) is 96.0. The normalized spacial score (nSPS) is 24.6. The molecule has 19 nitrogen and oxygen atoms in total. The molecule has 5 N–H and O–H groups in total. The molecule has 4 aliphatic rings. The number of carbonyl (C=O) groups excluding carboxylic acids is 6. The molecular formula is C49H66F3N11O8. The molecule has 2 saturated heterocycles. The van der Waals surface area contributed by atoms with E-state index in [0.717, 1.165) is 24.1 Å². The van der Waals surface area contributed by atoms with Crippen LogP contribution in [0.5, 0.6) is 0 Å². The van der Waals surface area contributed by atoms with Crippen molar-refractivity contribution < 1.29 is 51.4 Å². The summed E-state index contributed by atoms with van der Waals surface area (Å²) in [5.74, 6) is -1.83. The van der Waals surface area contributed by atoms with E-state index >= 15 is 0 Å². The fourth-order valence-corrected chi connectivity index (χ4v) is 10.1. The van der Waals surface area contributed by atoms with Crippen molar-refractivity contribution in [2.75, 3.05) is 65.5 Å². The monoisotopic (exact) mass is 994 g/mol. The Kier molecular flexibility index (Phi) is 17.8. The molecule has 4 fully saturated rings. The van der Waals surface area contributed by atoms with Gasteiger partial charge in [0.15, 0.2) is 0 Å². The largest absolute Gasteiger partial charge is 0.416 e. The molecule has 22 heteroatoms. The fourth-order valence-electron chi connectivity index (χ4n) is 10.1. The number of fused-ring (bicyclic) bond motifs is 1. The molecule has 2 aliphatic carbocycles. The summed E-state index contributed by atoms with van der Waals surface area (Å²) in [6, 6.07) is 5.41. The molecule has 2 saturated carbocycles. The predicted octanol–water partition coefficient (Wildman–Crippen LogP) is 2.96. The van der Waals surface area contributed by atoms with E-state index in [9.17, 15) is 41.9 Å². The number of pyridine rings is 1. The zero-order valence-corrected chi connectivity index (χ0v) is 40.7. The molecule has 386 valence electrons. The molecule has 2 aliphatic heterocycles. The highest BCUT2D eigenvalue weighted by Gasteiger charge is 2.46. The van der Waals surface area contributed by atoms with Crippen LogP contribution in [0.15, 0.2) is 49.1 Å². The summed E-state index contributed by atoms with van der Waals surface area (Å²) in [5.41, 5.74) is 0.275. The Balaban J connectivity index is 0.769. The van der Waals surface area contributed by atoms with Gasteiger partial charge in [-0.05, 0) is 89.2 Å². The number of likely N-dealkylation sites (tertiary alicyclic amines) is 2. The van der Waals surface area contributed by atoms with Crippen molar-refractivity contribution >= 4 is 52.2 Å². The Morgan fingerprint density at radius 1 is 0.887 bits per heavy atom. The average Bonchev–Trinajstić information content (AvgIpc) is 3.85. The quantitative estimate of drug-likeness (QED) is 0.0914. The highest BCUT2D eigenvalue weighted by molar-refractivity contribution is 5.94. The number of amides is 6. The molecule has 71 heavy (non-hydrogen) atoms. The minimum atomic E-state index is -4.56. The first-order valence-electron chi connectivity index (χ1n) is 24.5. The lowest BCUT2D eigenvalue weighted by Gasteiger charge is -2.45. The van der Waals surface area contributed by atoms with Crippen LogP contribution >= 0.6 is 0 Å². The zero-order chi connectivity index (χ0) is 50.8. The van der Waals surface area contributed by atoms with Gasteiger partial charge in [0, 0.05) is 87.8 Å². The molecule has 0 bridgehead atoms. The molecule has 4 heterocycles. The van der Waals surface area contributed by atoms with Gasteiger partial charge in [-0.2, -0.15) is 13.2 Å². The van der Waals surface area contributed by atoms with Crippen molar-refractivity contribution in [1.29, 1.82) is 0 Å². The van der Waals surface area contributed by atoms with Gasteiger partial charge in [-0.15, -0.1) is 0 Å². The van der Waals surface area contributed by atoms with Crippen molar-refractivity contribution in [3.63, 3.8) is 0 Å². The lowest BCUT2D eigenvalue weighted by atomic mass is 9.78. The number of carbonyl (C=O) groups is 6. The molecule has 1 aromatic carbocycles. The van der Waals surface area contributed by atoms with Gasteiger partial charge < -0.3 is 50.8 Å². The molecular weight excluding hydrogens is 928 g/mol. The van der Waals surface area contributed by atoms with E-state index in [-0.39, 0.29) is 142 Å². The van der Waals surface area contributed by atoms with E-state index in [1.165, 1.54) is 12.4 Å². The van der Waals surface area contributed by atoms with Crippen molar-refractivity contribution in [2.45, 2.75) is 120 Å². The lowest BCUT2D eigenvalue weighted by molar-refractivity contribution is -0.137. The maximum atomic E-state index is 14.0. The third kappa shape index (κ3) is 13.5. The van der Waals surface area contributed by atoms with Gasteiger partial charge in [-0.1, -0.05) is 6.07 Å². The highest BCUT2D eigenvalue weighted by atomic mass is 19.4. The lowest BCUT2D eigenvalue weighted by Crippen LogP contribution is -2.60. The van der Waals surface area contributed by atoms with Crippen molar-refractivity contribution in [3.05, 3.63) is 60.2 Å². The van der Waals surface area contributed by atoms with Gasteiger partial charge in [0.05, 0.1) is 61.6 Å². The molecule has 0 radical (unpaired) electrons. The minimum absolute atomic E-state index is 0.109. The predicted molar refractivity (Wildman–Crippen MR) is 254 cm³/mol. The summed E-state index contributed by atoms with van der Waals surface area (Å²) in [6.07, 6.45) is 3.79. The number of hydrogen-bond donors (Lipinski definition) is 5. The van der Waals surface area contributed by atoms with Crippen LogP contribution in [-0.2, 0) is 44.4 Å². The Labute approximate surface area is 411 Å². The molecule has 6 atom stereocenters. The van der Waals surface area contributed by atoms with Crippen molar-refractivity contribution in [1.82, 2.24) is 50.9 Å². The van der Waals surface area contributed by atoms with E-state index < -0.39 is 29.7 Å².